The molecule has 1 amide bonds. The zero-order chi connectivity index (χ0) is 20.5. The Bertz CT molecular complexity index is 1070. The van der Waals surface area contributed by atoms with Crippen molar-refractivity contribution >= 4 is 28.8 Å². The Labute approximate surface area is 174 Å². The molecule has 4 rings (SSSR count). The van der Waals surface area contributed by atoms with Gasteiger partial charge in [0.05, 0.1) is 23.4 Å². The molecule has 5 nitrogen and oxygen atoms in total. The fourth-order valence-electron chi connectivity index (χ4n) is 3.64. The number of amides is 1. The highest BCUT2D eigenvalue weighted by atomic mass is 35.5. The van der Waals surface area contributed by atoms with E-state index in [0.29, 0.717) is 16.7 Å². The number of halogens is 1. The summed E-state index contributed by atoms with van der Waals surface area (Å²) >= 11 is 6.10. The number of nitrogens with one attached hydrogen (secondary N) is 1. The van der Waals surface area contributed by atoms with Gasteiger partial charge in [-0.05, 0) is 30.5 Å². The van der Waals surface area contributed by atoms with Crippen LogP contribution in [0.1, 0.15) is 42.0 Å². The molecule has 1 aromatic heterocycles. The van der Waals surface area contributed by atoms with E-state index in [1.54, 1.807) is 7.05 Å². The Morgan fingerprint density at radius 1 is 1.17 bits per heavy atom. The van der Waals surface area contributed by atoms with Gasteiger partial charge < -0.3 is 9.84 Å². The summed E-state index contributed by atoms with van der Waals surface area (Å²) in [5.74, 6) is 0.805. The van der Waals surface area contributed by atoms with Crippen LogP contribution in [0, 0.1) is 12.8 Å². The number of rotatable bonds is 3. The third-order valence-corrected chi connectivity index (χ3v) is 5.45. The molecule has 6 heteroatoms. The number of nitrogens with zero attached hydrogens (tertiary/aromatic N) is 2. The first-order valence-corrected chi connectivity index (χ1v) is 9.97. The average molecular weight is 408 g/mol. The van der Waals surface area contributed by atoms with Gasteiger partial charge in [-0.3, -0.25) is 9.79 Å². The van der Waals surface area contributed by atoms with Crippen LogP contribution in [0.3, 0.4) is 0 Å². The molecule has 2 atom stereocenters. The highest BCUT2D eigenvalue weighted by Crippen LogP contribution is 2.40. The monoisotopic (exact) mass is 407 g/mol. The van der Waals surface area contributed by atoms with Gasteiger partial charge in [0, 0.05) is 23.2 Å². The van der Waals surface area contributed by atoms with Crippen LogP contribution in [-0.2, 0) is 4.79 Å². The molecular formula is C23H22ClN3O2. The van der Waals surface area contributed by atoms with E-state index in [9.17, 15) is 4.79 Å². The van der Waals surface area contributed by atoms with Crippen molar-refractivity contribution < 1.29 is 9.32 Å². The van der Waals surface area contributed by atoms with E-state index < -0.39 is 6.04 Å². The Hall–Kier alpha value is -2.92. The number of aromatic nitrogens is 1. The predicted octanol–water partition coefficient (Wildman–Crippen LogP) is 4.83. The maximum Gasteiger partial charge on any atom is 0.222 e. The molecule has 0 bridgehead atoms. The van der Waals surface area contributed by atoms with Crippen molar-refractivity contribution in [1.29, 1.82) is 0 Å². The summed E-state index contributed by atoms with van der Waals surface area (Å²) < 4.78 is 5.69. The number of hydrogen-bond acceptors (Lipinski definition) is 4. The zero-order valence-corrected chi connectivity index (χ0v) is 17.3. The Kier molecular flexibility index (Phi) is 5.24. The minimum Gasteiger partial charge on any atom is -0.359 e. The number of carbonyl (C=O) groups excluding carboxylic acids is 1. The molecule has 1 aromatic carbocycles. The van der Waals surface area contributed by atoms with E-state index in [1.165, 1.54) is 0 Å². The number of hydrogen-bond donors (Lipinski definition) is 1. The zero-order valence-electron chi connectivity index (χ0n) is 16.6. The van der Waals surface area contributed by atoms with Crippen molar-refractivity contribution in [3.8, 4) is 0 Å². The Balaban J connectivity index is 1.98. The van der Waals surface area contributed by atoms with Crippen molar-refractivity contribution in [2.24, 2.45) is 10.9 Å². The first-order chi connectivity index (χ1) is 14.0. The van der Waals surface area contributed by atoms with Crippen LogP contribution in [-0.4, -0.2) is 23.8 Å². The van der Waals surface area contributed by atoms with Crippen molar-refractivity contribution in [2.45, 2.75) is 26.3 Å². The highest BCUT2D eigenvalue weighted by Gasteiger charge is 2.32. The normalized spacial score (nSPS) is 20.5. The second-order valence-electron chi connectivity index (χ2n) is 7.29. The summed E-state index contributed by atoms with van der Waals surface area (Å²) in [6.07, 6.45) is 8.68. The molecule has 0 saturated carbocycles. The molecule has 29 heavy (non-hydrogen) atoms. The molecule has 0 saturated heterocycles. The fraction of sp³-hybridized carbons (Fsp3) is 0.261. The van der Waals surface area contributed by atoms with E-state index in [4.69, 9.17) is 21.1 Å². The maximum absolute atomic E-state index is 12.2. The molecule has 2 aliphatic rings. The number of aliphatic imine (C=N–C) groups is 1. The van der Waals surface area contributed by atoms with Gasteiger partial charge in [0.2, 0.25) is 5.91 Å². The Morgan fingerprint density at radius 3 is 2.55 bits per heavy atom. The molecule has 1 aliphatic carbocycles. The standard InChI is InChI=1S/C23H22ClN3O2/c1-13-4-10-17-18(11-5-13)22(15-6-8-16(24)9-7-15)26-19(12-20(28)25-3)23-21(17)14(2)27-29-23/h4-11,13,19H,12H2,1-3H3,(H,25,28). The van der Waals surface area contributed by atoms with E-state index in [2.05, 4.69) is 41.7 Å². The SMILES string of the molecule is CNC(=O)CC1N=C(c2ccc(Cl)cc2)C2=C(C=CC(C)C=C2)c2c(C)noc21. The van der Waals surface area contributed by atoms with Gasteiger partial charge in [-0.2, -0.15) is 0 Å². The van der Waals surface area contributed by atoms with Crippen LogP contribution in [0.5, 0.6) is 0 Å². The molecule has 2 aromatic rings. The molecule has 2 heterocycles. The Morgan fingerprint density at radius 2 is 1.86 bits per heavy atom. The van der Waals surface area contributed by atoms with Crippen LogP contribution in [0.15, 0.2) is 63.7 Å². The largest absolute Gasteiger partial charge is 0.359 e. The van der Waals surface area contributed by atoms with Crippen molar-refractivity contribution in [3.63, 3.8) is 0 Å². The lowest BCUT2D eigenvalue weighted by Gasteiger charge is -2.12. The van der Waals surface area contributed by atoms with Crippen LogP contribution >= 0.6 is 11.6 Å². The predicted molar refractivity (Wildman–Crippen MR) is 115 cm³/mol. The van der Waals surface area contributed by atoms with Gasteiger partial charge in [0.25, 0.3) is 0 Å². The third kappa shape index (κ3) is 3.70. The van der Waals surface area contributed by atoms with Crippen molar-refractivity contribution in [2.75, 3.05) is 7.05 Å². The van der Waals surface area contributed by atoms with Crippen molar-refractivity contribution in [1.82, 2.24) is 10.5 Å². The summed E-state index contributed by atoms with van der Waals surface area (Å²) in [4.78, 5) is 17.2. The molecule has 148 valence electrons. The van der Waals surface area contributed by atoms with E-state index in [1.807, 2.05) is 31.2 Å². The van der Waals surface area contributed by atoms with Gasteiger partial charge in [-0.1, -0.05) is 60.1 Å². The van der Waals surface area contributed by atoms with Gasteiger partial charge in [0.1, 0.15) is 6.04 Å². The van der Waals surface area contributed by atoms with Crippen LogP contribution < -0.4 is 5.32 Å². The first-order valence-electron chi connectivity index (χ1n) is 9.60. The maximum atomic E-state index is 12.2. The number of benzene rings is 1. The summed E-state index contributed by atoms with van der Waals surface area (Å²) in [6.45, 7) is 4.05. The number of carbonyl (C=O) groups is 1. The van der Waals surface area contributed by atoms with Crippen molar-refractivity contribution in [3.05, 3.63) is 81.7 Å². The lowest BCUT2D eigenvalue weighted by Crippen LogP contribution is -2.20. The first kappa shape index (κ1) is 19.4. The second kappa shape index (κ2) is 7.84. The molecular weight excluding hydrogens is 386 g/mol. The van der Waals surface area contributed by atoms with Crippen LogP contribution in [0.4, 0.5) is 0 Å². The summed E-state index contributed by atoms with van der Waals surface area (Å²) in [6, 6.07) is 7.13. The minimum atomic E-state index is -0.469. The molecule has 0 spiro atoms. The average Bonchev–Trinajstić information content (AvgIpc) is 2.91. The van der Waals surface area contributed by atoms with E-state index in [0.717, 1.165) is 33.7 Å². The van der Waals surface area contributed by atoms with E-state index >= 15 is 0 Å². The number of allylic oxidation sites excluding steroid dienone is 6. The summed E-state index contributed by atoms with van der Waals surface area (Å²) in [7, 11) is 1.62. The molecule has 0 fully saturated rings. The molecule has 0 radical (unpaired) electrons. The number of fused-ring (bicyclic) bond motifs is 2. The lowest BCUT2D eigenvalue weighted by atomic mass is 9.93. The van der Waals surface area contributed by atoms with Gasteiger partial charge in [0.15, 0.2) is 5.76 Å². The lowest BCUT2D eigenvalue weighted by molar-refractivity contribution is -0.121. The quantitative estimate of drug-likeness (QED) is 0.792. The van der Waals surface area contributed by atoms with Crippen LogP contribution in [0.25, 0.3) is 5.57 Å². The highest BCUT2D eigenvalue weighted by molar-refractivity contribution is 6.31. The van der Waals surface area contributed by atoms with Gasteiger partial charge in [-0.25, -0.2) is 0 Å². The molecule has 2 unspecified atom stereocenters. The van der Waals surface area contributed by atoms with E-state index in [-0.39, 0.29) is 12.3 Å². The van der Waals surface area contributed by atoms with Crippen LogP contribution in [0.2, 0.25) is 5.02 Å². The smallest absolute Gasteiger partial charge is 0.222 e. The summed E-state index contributed by atoms with van der Waals surface area (Å²) in [5, 5.41) is 7.53. The topological polar surface area (TPSA) is 67.5 Å². The summed E-state index contributed by atoms with van der Waals surface area (Å²) in [5.41, 5.74) is 5.44. The van der Waals surface area contributed by atoms with Gasteiger partial charge in [-0.15, -0.1) is 0 Å². The second-order valence-corrected chi connectivity index (χ2v) is 7.73. The third-order valence-electron chi connectivity index (χ3n) is 5.20. The fourth-order valence-corrected chi connectivity index (χ4v) is 3.77. The number of aryl methyl sites for hydroxylation is 1. The minimum absolute atomic E-state index is 0.106. The molecule has 1 N–H and O–H groups in total. The molecule has 1 aliphatic heterocycles. The van der Waals surface area contributed by atoms with Gasteiger partial charge >= 0.3 is 0 Å².